The molecule has 5 rings (SSSR count). The highest BCUT2D eigenvalue weighted by Crippen LogP contribution is 2.69. The molecule has 4 aliphatic rings. The average molecular weight is 533 g/mol. The summed E-state index contributed by atoms with van der Waals surface area (Å²) in [6.07, 6.45) is 10.8. The maximum absolute atomic E-state index is 13.5. The van der Waals surface area contributed by atoms with Crippen molar-refractivity contribution in [1.82, 2.24) is 10.6 Å². The first-order valence-corrected chi connectivity index (χ1v) is 14.2. The molecule has 4 aliphatic carbocycles. The summed E-state index contributed by atoms with van der Waals surface area (Å²) in [4.78, 5) is 26.8. The van der Waals surface area contributed by atoms with Gasteiger partial charge in [0.05, 0.1) is 12.6 Å². The fourth-order valence-electron chi connectivity index (χ4n) is 9.33. The smallest absolute Gasteiger partial charge is 0.408 e. The molecule has 0 aromatic heterocycles. The maximum atomic E-state index is 13.5. The van der Waals surface area contributed by atoms with Gasteiger partial charge >= 0.3 is 6.09 Å². The lowest BCUT2D eigenvalue weighted by atomic mass is 9.44. The number of hydrogen-bond acceptors (Lipinski definition) is 4. The Labute approximate surface area is 228 Å². The Balaban J connectivity index is 0.00000320. The van der Waals surface area contributed by atoms with Crippen LogP contribution in [0.3, 0.4) is 0 Å². The van der Waals surface area contributed by atoms with E-state index in [2.05, 4.69) is 24.5 Å². The zero-order valence-corrected chi connectivity index (χ0v) is 23.4. The monoisotopic (exact) mass is 532 g/mol. The molecular formula is C30H45ClN2O4. The molecule has 0 heterocycles. The first-order chi connectivity index (χ1) is 17.3. The number of rotatable bonds is 5. The molecule has 4 saturated carbocycles. The van der Waals surface area contributed by atoms with Gasteiger partial charge in [-0.25, -0.2) is 4.79 Å². The second-order valence-corrected chi connectivity index (χ2v) is 12.5. The van der Waals surface area contributed by atoms with Crippen LogP contribution in [0.15, 0.2) is 30.3 Å². The lowest BCUT2D eigenvalue weighted by Crippen LogP contribution is -2.62. The van der Waals surface area contributed by atoms with E-state index in [0.717, 1.165) is 30.7 Å². The molecule has 4 fully saturated rings. The van der Waals surface area contributed by atoms with E-state index in [-0.39, 0.29) is 24.9 Å². The molecule has 1 aromatic carbocycles. The highest BCUT2D eigenvalue weighted by Gasteiger charge is 2.69. The Morgan fingerprint density at radius 3 is 2.43 bits per heavy atom. The lowest BCUT2D eigenvalue weighted by molar-refractivity contribution is -0.171. The molecule has 0 spiro atoms. The summed E-state index contributed by atoms with van der Waals surface area (Å²) in [6.45, 7) is 4.52. The Kier molecular flexibility index (Phi) is 8.21. The van der Waals surface area contributed by atoms with Crippen molar-refractivity contribution < 1.29 is 19.4 Å². The number of aliphatic hydroxyl groups excluding tert-OH is 1. The summed E-state index contributed by atoms with van der Waals surface area (Å²) in [5.41, 5.74) is -0.365. The first-order valence-electron chi connectivity index (χ1n) is 14.2. The quantitative estimate of drug-likeness (QED) is 0.448. The van der Waals surface area contributed by atoms with E-state index in [1.165, 1.54) is 38.5 Å². The minimum Gasteiger partial charge on any atom is -0.432 e. The van der Waals surface area contributed by atoms with Crippen LogP contribution in [-0.2, 0) is 9.53 Å². The van der Waals surface area contributed by atoms with Gasteiger partial charge in [0.15, 0.2) is 5.60 Å². The largest absolute Gasteiger partial charge is 0.432 e. The van der Waals surface area contributed by atoms with E-state index < -0.39 is 23.2 Å². The minimum atomic E-state index is -1.19. The van der Waals surface area contributed by atoms with Gasteiger partial charge in [0.1, 0.15) is 0 Å². The molecule has 3 N–H and O–H groups in total. The first kappa shape index (κ1) is 28.2. The van der Waals surface area contributed by atoms with Crippen LogP contribution >= 0.6 is 12.4 Å². The van der Waals surface area contributed by atoms with Crippen LogP contribution in [0.25, 0.3) is 0 Å². The van der Waals surface area contributed by atoms with Gasteiger partial charge in [-0.2, -0.15) is 0 Å². The van der Waals surface area contributed by atoms with Gasteiger partial charge in [-0.05, 0) is 86.0 Å². The Morgan fingerprint density at radius 2 is 1.73 bits per heavy atom. The number of likely N-dealkylation sites (N-methyl/N-ethyl adjacent to an activating group) is 1. The van der Waals surface area contributed by atoms with Gasteiger partial charge in [-0.1, -0.05) is 57.0 Å². The average Bonchev–Trinajstić information content (AvgIpc) is 3.19. The summed E-state index contributed by atoms with van der Waals surface area (Å²) >= 11 is 0. The van der Waals surface area contributed by atoms with Gasteiger partial charge in [0.25, 0.3) is 5.91 Å². The summed E-state index contributed by atoms with van der Waals surface area (Å²) in [5, 5.41) is 15.6. The number of carbonyl (C=O) groups excluding carboxylic acids is 2. The van der Waals surface area contributed by atoms with E-state index in [1.54, 1.807) is 7.05 Å². The summed E-state index contributed by atoms with van der Waals surface area (Å²) in [6, 6.07) is 8.80. The molecule has 2 amide bonds. The molecule has 3 unspecified atom stereocenters. The van der Waals surface area contributed by atoms with E-state index in [4.69, 9.17) is 4.74 Å². The van der Waals surface area contributed by atoms with Gasteiger partial charge in [-0.3, -0.25) is 4.79 Å². The van der Waals surface area contributed by atoms with Crippen LogP contribution in [0.2, 0.25) is 0 Å². The highest BCUT2D eigenvalue weighted by atomic mass is 35.5. The van der Waals surface area contributed by atoms with Crippen molar-refractivity contribution in [2.75, 3.05) is 13.7 Å². The van der Waals surface area contributed by atoms with Crippen LogP contribution in [0.4, 0.5) is 4.79 Å². The van der Waals surface area contributed by atoms with E-state index in [9.17, 15) is 14.7 Å². The SMILES string of the molecule is CNC(=O)C1(OC(=O)NC(CO)c2ccccc2)CC[C@H]2[C@@H]3CCC4CCCC[C@]4(C)[C@@H]3CC[C@@]21C.Cl. The fraction of sp³-hybridized carbons (Fsp3) is 0.733. The van der Waals surface area contributed by atoms with Crippen molar-refractivity contribution in [3.63, 3.8) is 0 Å². The lowest BCUT2D eigenvalue weighted by Gasteiger charge is -2.61. The third-order valence-electron chi connectivity index (χ3n) is 11.2. The standard InChI is InChI=1S/C30H44N2O4.ClH/c1-28-16-8-7-11-21(28)12-13-22-23(28)14-17-29(2)24(22)15-18-30(29,26(34)31-3)36-27(35)32-25(19-33)20-9-5-4-6-10-20;/h4-6,9-10,21-25,33H,7-8,11-19H2,1-3H3,(H,31,34)(H,32,35);1H/t21?,22-,23-,24+,25?,28+,29+,30?;/m1./s1. The molecule has 1 aromatic rings. The number of nitrogens with one attached hydrogen (secondary N) is 2. The molecular weight excluding hydrogens is 488 g/mol. The minimum absolute atomic E-state index is 0. The molecule has 7 heteroatoms. The number of aliphatic hydroxyl groups is 1. The van der Waals surface area contributed by atoms with Crippen LogP contribution in [0.5, 0.6) is 0 Å². The molecule has 0 radical (unpaired) electrons. The van der Waals surface area contributed by atoms with Crippen LogP contribution in [0.1, 0.15) is 89.7 Å². The predicted molar refractivity (Wildman–Crippen MR) is 146 cm³/mol. The molecule has 8 atom stereocenters. The number of ether oxygens (including phenoxy) is 1. The van der Waals surface area contributed by atoms with Crippen LogP contribution in [-0.4, -0.2) is 36.4 Å². The van der Waals surface area contributed by atoms with Crippen LogP contribution in [0, 0.1) is 34.5 Å². The van der Waals surface area contributed by atoms with E-state index >= 15 is 0 Å². The van der Waals surface area contributed by atoms with Gasteiger partial charge in [0.2, 0.25) is 0 Å². The third-order valence-corrected chi connectivity index (χ3v) is 11.2. The van der Waals surface area contributed by atoms with Crippen molar-refractivity contribution in [3.05, 3.63) is 35.9 Å². The summed E-state index contributed by atoms with van der Waals surface area (Å²) < 4.78 is 6.22. The van der Waals surface area contributed by atoms with E-state index in [1.807, 2.05) is 30.3 Å². The Hall–Kier alpha value is -1.79. The summed E-state index contributed by atoms with van der Waals surface area (Å²) in [5.74, 6) is 2.33. The van der Waals surface area contributed by atoms with Crippen LogP contribution < -0.4 is 10.6 Å². The fourth-order valence-corrected chi connectivity index (χ4v) is 9.33. The number of hydrogen-bond donors (Lipinski definition) is 3. The number of amides is 2. The van der Waals surface area contributed by atoms with Crippen molar-refractivity contribution in [3.8, 4) is 0 Å². The highest BCUT2D eigenvalue weighted by molar-refractivity contribution is 5.89. The Morgan fingerprint density at radius 1 is 1.00 bits per heavy atom. The third kappa shape index (κ3) is 4.46. The number of alkyl carbamates (subject to hydrolysis) is 1. The Bertz CT molecular complexity index is 976. The molecule has 0 aliphatic heterocycles. The zero-order valence-electron chi connectivity index (χ0n) is 22.6. The van der Waals surface area contributed by atoms with Crippen molar-refractivity contribution in [2.45, 2.75) is 89.7 Å². The molecule has 0 bridgehead atoms. The van der Waals surface area contributed by atoms with Gasteiger partial charge in [-0.15, -0.1) is 12.4 Å². The number of fused-ring (bicyclic) bond motifs is 5. The normalized spacial score (nSPS) is 39.1. The molecule has 37 heavy (non-hydrogen) atoms. The molecule has 206 valence electrons. The van der Waals surface area contributed by atoms with Crippen molar-refractivity contribution in [1.29, 1.82) is 0 Å². The number of benzene rings is 1. The topological polar surface area (TPSA) is 87.7 Å². The maximum Gasteiger partial charge on any atom is 0.408 e. The number of carbonyl (C=O) groups is 2. The van der Waals surface area contributed by atoms with Gasteiger partial charge < -0.3 is 20.5 Å². The predicted octanol–water partition coefficient (Wildman–Crippen LogP) is 5.79. The molecule has 0 saturated heterocycles. The van der Waals surface area contributed by atoms with Gasteiger partial charge in [0, 0.05) is 12.5 Å². The number of halogens is 1. The second-order valence-electron chi connectivity index (χ2n) is 12.5. The van der Waals surface area contributed by atoms with Crippen molar-refractivity contribution in [2.24, 2.45) is 34.5 Å². The second kappa shape index (κ2) is 10.8. The summed E-state index contributed by atoms with van der Waals surface area (Å²) in [7, 11) is 1.64. The molecule has 6 nitrogen and oxygen atoms in total. The zero-order chi connectivity index (χ0) is 25.6. The van der Waals surface area contributed by atoms with Crippen molar-refractivity contribution >= 4 is 24.4 Å². The van der Waals surface area contributed by atoms with E-state index in [0.29, 0.717) is 29.6 Å².